The highest BCUT2D eigenvalue weighted by Gasteiger charge is 2.53. The molecule has 0 radical (unpaired) electrons. The van der Waals surface area contributed by atoms with E-state index in [4.69, 9.17) is 9.47 Å². The van der Waals surface area contributed by atoms with E-state index >= 15 is 0 Å². The van der Waals surface area contributed by atoms with Crippen molar-refractivity contribution in [3.8, 4) is 23.0 Å². The van der Waals surface area contributed by atoms with Crippen molar-refractivity contribution in [3.05, 3.63) is 76.9 Å². The zero-order chi connectivity index (χ0) is 18.8. The summed E-state index contributed by atoms with van der Waals surface area (Å²) in [5.74, 6) is 0.413. The van der Waals surface area contributed by atoms with Crippen LogP contribution in [-0.2, 0) is 10.3 Å². The van der Waals surface area contributed by atoms with Gasteiger partial charge >= 0.3 is 5.97 Å². The van der Waals surface area contributed by atoms with Gasteiger partial charge in [-0.1, -0.05) is 6.07 Å². The highest BCUT2D eigenvalue weighted by Crippen LogP contribution is 2.57. The predicted molar refractivity (Wildman–Crippen MR) is 99.8 cm³/mol. The Balaban J connectivity index is 1.87. The van der Waals surface area contributed by atoms with Gasteiger partial charge in [0, 0.05) is 33.7 Å². The molecule has 2 N–H and O–H groups in total. The summed E-state index contributed by atoms with van der Waals surface area (Å²) in [7, 11) is 0. The molecule has 0 saturated heterocycles. The maximum atomic E-state index is 12.8. The van der Waals surface area contributed by atoms with Gasteiger partial charge in [0.1, 0.15) is 23.0 Å². The first kappa shape index (κ1) is 16.1. The summed E-state index contributed by atoms with van der Waals surface area (Å²) in [5, 5.41) is 19.8. The molecular weight excluding hydrogens is 364 g/mol. The van der Waals surface area contributed by atoms with E-state index in [0.29, 0.717) is 33.8 Å². The van der Waals surface area contributed by atoms with Crippen LogP contribution in [0.3, 0.4) is 0 Å². The first-order valence-corrected chi connectivity index (χ1v) is 9.52. The van der Waals surface area contributed by atoms with E-state index in [-0.39, 0.29) is 11.5 Å². The lowest BCUT2D eigenvalue weighted by atomic mass is 9.77. The van der Waals surface area contributed by atoms with Crippen LogP contribution in [-0.4, -0.2) is 22.4 Å². The second-order valence-corrected chi connectivity index (χ2v) is 7.32. The first-order chi connectivity index (χ1) is 13.0. The molecule has 3 aromatic rings. The van der Waals surface area contributed by atoms with Gasteiger partial charge in [-0.3, -0.25) is 0 Å². The maximum absolute atomic E-state index is 12.8. The van der Waals surface area contributed by atoms with E-state index in [0.717, 1.165) is 4.90 Å². The number of hydrogen-bond donors (Lipinski definition) is 2. The molecular formula is C21H14O5S. The Morgan fingerprint density at radius 2 is 1.44 bits per heavy atom. The minimum atomic E-state index is -1.19. The Morgan fingerprint density at radius 1 is 0.852 bits per heavy atom. The van der Waals surface area contributed by atoms with Gasteiger partial charge in [0.05, 0.1) is 5.56 Å². The van der Waals surface area contributed by atoms with Crippen LogP contribution < -0.4 is 4.74 Å². The van der Waals surface area contributed by atoms with Crippen molar-refractivity contribution in [2.24, 2.45) is 0 Å². The van der Waals surface area contributed by atoms with E-state index < -0.39 is 11.6 Å². The number of hydrogen-bond acceptors (Lipinski definition) is 6. The number of aromatic hydroxyl groups is 2. The molecule has 27 heavy (non-hydrogen) atoms. The fourth-order valence-electron chi connectivity index (χ4n) is 3.81. The molecule has 0 amide bonds. The van der Waals surface area contributed by atoms with Gasteiger partial charge in [0.15, 0.2) is 5.60 Å². The number of thioether (sulfide) groups is 1. The Morgan fingerprint density at radius 3 is 2.04 bits per heavy atom. The number of rotatable bonds is 1. The van der Waals surface area contributed by atoms with Crippen molar-refractivity contribution in [2.45, 2.75) is 10.5 Å². The van der Waals surface area contributed by atoms with Crippen molar-refractivity contribution in [3.63, 3.8) is 0 Å². The summed E-state index contributed by atoms with van der Waals surface area (Å²) < 4.78 is 11.9. The molecule has 3 aromatic carbocycles. The quantitative estimate of drug-likeness (QED) is 0.483. The van der Waals surface area contributed by atoms with Gasteiger partial charge in [-0.25, -0.2) is 4.79 Å². The molecule has 2 aliphatic heterocycles. The molecule has 5 nitrogen and oxygen atoms in total. The molecule has 0 atom stereocenters. The Bertz CT molecular complexity index is 1070. The molecule has 2 aliphatic rings. The highest BCUT2D eigenvalue weighted by atomic mass is 32.2. The number of carbonyl (C=O) groups excluding carboxylic acids is 1. The monoisotopic (exact) mass is 378 g/mol. The van der Waals surface area contributed by atoms with Crippen molar-refractivity contribution in [2.75, 3.05) is 6.26 Å². The van der Waals surface area contributed by atoms with Crippen LogP contribution in [0.1, 0.15) is 27.0 Å². The standard InChI is InChI=1S/C21H14O5S/c1-27-13-4-7-15-14(10-13)20(24)26-21(15)16-5-2-11(22)8-18(16)25-19-9-12(23)3-6-17(19)21/h2-10,22-23H,1H3. The Hall–Kier alpha value is -3.12. The molecule has 0 aliphatic carbocycles. The van der Waals surface area contributed by atoms with Gasteiger partial charge in [-0.2, -0.15) is 0 Å². The summed E-state index contributed by atoms with van der Waals surface area (Å²) in [6, 6.07) is 15.1. The lowest BCUT2D eigenvalue weighted by Crippen LogP contribution is -2.32. The van der Waals surface area contributed by atoms with Crippen molar-refractivity contribution >= 4 is 17.7 Å². The summed E-state index contributed by atoms with van der Waals surface area (Å²) in [4.78, 5) is 13.8. The normalized spacial score (nSPS) is 15.5. The van der Waals surface area contributed by atoms with Gasteiger partial charge < -0.3 is 19.7 Å². The second-order valence-electron chi connectivity index (χ2n) is 6.45. The zero-order valence-electron chi connectivity index (χ0n) is 14.2. The molecule has 0 saturated carbocycles. The molecule has 0 bridgehead atoms. The van der Waals surface area contributed by atoms with Crippen LogP contribution in [0.15, 0.2) is 59.5 Å². The first-order valence-electron chi connectivity index (χ1n) is 8.29. The van der Waals surface area contributed by atoms with Crippen LogP contribution in [0.2, 0.25) is 0 Å². The van der Waals surface area contributed by atoms with Crippen LogP contribution in [0.5, 0.6) is 23.0 Å². The third-order valence-corrected chi connectivity index (χ3v) is 5.71. The van der Waals surface area contributed by atoms with Crippen LogP contribution in [0.4, 0.5) is 0 Å². The van der Waals surface area contributed by atoms with Gasteiger partial charge in [0.2, 0.25) is 0 Å². The van der Waals surface area contributed by atoms with Crippen LogP contribution in [0.25, 0.3) is 0 Å². The molecule has 0 unspecified atom stereocenters. The fraction of sp³-hybridized carbons (Fsp3) is 0.0952. The second kappa shape index (κ2) is 5.44. The SMILES string of the molecule is CSc1ccc2c(c1)C(=O)OC21c2ccc(O)cc2Oc2cc(O)ccc21. The molecule has 2 heterocycles. The molecule has 134 valence electrons. The van der Waals surface area contributed by atoms with Crippen molar-refractivity contribution in [1.29, 1.82) is 0 Å². The summed E-state index contributed by atoms with van der Waals surface area (Å²) in [5.41, 5.74) is 1.28. The van der Waals surface area contributed by atoms with E-state index in [1.54, 1.807) is 23.9 Å². The van der Waals surface area contributed by atoms with E-state index in [2.05, 4.69) is 0 Å². The van der Waals surface area contributed by atoms with Gasteiger partial charge in [-0.15, -0.1) is 11.8 Å². The zero-order valence-corrected chi connectivity index (χ0v) is 15.0. The van der Waals surface area contributed by atoms with Crippen LogP contribution >= 0.6 is 11.8 Å². The van der Waals surface area contributed by atoms with E-state index in [1.165, 1.54) is 24.3 Å². The molecule has 6 heteroatoms. The van der Waals surface area contributed by atoms with Gasteiger partial charge in [0.25, 0.3) is 0 Å². The maximum Gasteiger partial charge on any atom is 0.340 e. The largest absolute Gasteiger partial charge is 0.508 e. The van der Waals surface area contributed by atoms with Gasteiger partial charge in [-0.05, 0) is 42.7 Å². The Labute approximate surface area is 159 Å². The summed E-state index contributed by atoms with van der Waals surface area (Å²) >= 11 is 1.55. The van der Waals surface area contributed by atoms with E-state index in [1.807, 2.05) is 24.5 Å². The number of esters is 1. The lowest BCUT2D eigenvalue weighted by Gasteiger charge is -2.36. The molecule has 0 fully saturated rings. The fourth-order valence-corrected chi connectivity index (χ4v) is 4.25. The number of fused-ring (bicyclic) bond motifs is 6. The Kier molecular flexibility index (Phi) is 3.24. The summed E-state index contributed by atoms with van der Waals surface area (Å²) in [6.45, 7) is 0. The lowest BCUT2D eigenvalue weighted by molar-refractivity contribution is 0.0224. The average molecular weight is 378 g/mol. The third kappa shape index (κ3) is 2.10. The highest BCUT2D eigenvalue weighted by molar-refractivity contribution is 7.98. The molecule has 1 spiro atoms. The minimum Gasteiger partial charge on any atom is -0.508 e. The summed E-state index contributed by atoms with van der Waals surface area (Å²) in [6.07, 6.45) is 1.95. The number of carbonyl (C=O) groups is 1. The number of phenols is 2. The topological polar surface area (TPSA) is 76.0 Å². The average Bonchev–Trinajstić information content (AvgIpc) is 2.94. The van der Waals surface area contributed by atoms with Crippen molar-refractivity contribution in [1.82, 2.24) is 0 Å². The predicted octanol–water partition coefficient (Wildman–Crippen LogP) is 4.39. The van der Waals surface area contributed by atoms with E-state index in [9.17, 15) is 15.0 Å². The number of benzene rings is 3. The molecule has 0 aromatic heterocycles. The smallest absolute Gasteiger partial charge is 0.340 e. The minimum absolute atomic E-state index is 0.0368. The number of ether oxygens (including phenoxy) is 2. The third-order valence-electron chi connectivity index (χ3n) is 4.98. The molecule has 5 rings (SSSR count). The van der Waals surface area contributed by atoms with Crippen molar-refractivity contribution < 1.29 is 24.5 Å². The number of phenolic OH excluding ortho intramolecular Hbond substituents is 2. The van der Waals surface area contributed by atoms with Crippen LogP contribution in [0, 0.1) is 0 Å².